The molecule has 0 saturated heterocycles. The van der Waals surface area contributed by atoms with Crippen molar-refractivity contribution in [3.05, 3.63) is 12.2 Å². The van der Waals surface area contributed by atoms with Crippen LogP contribution in [0.25, 0.3) is 0 Å². The van der Waals surface area contributed by atoms with E-state index in [1.807, 2.05) is 13.8 Å². The Balaban J connectivity index is 2.74. The highest BCUT2D eigenvalue weighted by Gasteiger charge is 2.75. The molecule has 2 bridgehead atoms. The number of carbonyl (C=O) groups is 1. The van der Waals surface area contributed by atoms with E-state index in [1.165, 1.54) is 6.92 Å². The number of fused-ring (bicyclic) bond motifs is 2. The van der Waals surface area contributed by atoms with Gasteiger partial charge in [-0.2, -0.15) is 26.3 Å². The fraction of sp³-hybridized carbons (Fsp3) is 0.903. The van der Waals surface area contributed by atoms with E-state index in [0.717, 1.165) is 0 Å². The highest BCUT2D eigenvalue weighted by molar-refractivity contribution is 5.87. The summed E-state index contributed by atoms with van der Waals surface area (Å²) in [7, 11) is 0. The van der Waals surface area contributed by atoms with Crippen LogP contribution in [0.5, 0.6) is 0 Å². The molecule has 0 amide bonds. The zero-order chi connectivity index (χ0) is 33.6. The molecule has 2 aliphatic carbocycles. The highest BCUT2D eigenvalue weighted by atomic mass is 19.4. The molecule has 0 aromatic carbocycles. The number of ether oxygens (including phenoxy) is 3. The SMILES string of the molecule is C=C(C)C(=O)OC1CC2CC1C(C(CC)(CC)OC(C)C(C)(C)O)C2C(CC)(CC)OC(C)C(O)(C(F)(F)F)C(F)(F)F. The maximum atomic E-state index is 13.9. The maximum Gasteiger partial charge on any atom is 0.428 e. The zero-order valence-electron chi connectivity index (χ0n) is 26.8. The fourth-order valence-electron chi connectivity index (χ4n) is 7.64. The van der Waals surface area contributed by atoms with Gasteiger partial charge in [0.2, 0.25) is 0 Å². The molecule has 0 radical (unpaired) electrons. The van der Waals surface area contributed by atoms with E-state index in [0.29, 0.717) is 32.6 Å². The van der Waals surface area contributed by atoms with Crippen molar-refractivity contribution < 1.29 is 55.6 Å². The first-order chi connectivity index (χ1) is 19.4. The third-order valence-corrected chi connectivity index (χ3v) is 10.4. The van der Waals surface area contributed by atoms with Crippen LogP contribution in [0.3, 0.4) is 0 Å². The highest BCUT2D eigenvalue weighted by Crippen LogP contribution is 2.64. The lowest BCUT2D eigenvalue weighted by atomic mass is 9.60. The second kappa shape index (κ2) is 12.8. The molecule has 2 fully saturated rings. The number of aliphatic hydroxyl groups is 2. The van der Waals surface area contributed by atoms with Crippen molar-refractivity contribution in [3.8, 4) is 0 Å². The van der Waals surface area contributed by atoms with Crippen LogP contribution in [-0.4, -0.2) is 69.3 Å². The van der Waals surface area contributed by atoms with E-state index in [4.69, 9.17) is 14.2 Å². The Morgan fingerprint density at radius 2 is 1.23 bits per heavy atom. The summed E-state index contributed by atoms with van der Waals surface area (Å²) in [5.74, 6) is -2.33. The molecule has 43 heavy (non-hydrogen) atoms. The summed E-state index contributed by atoms with van der Waals surface area (Å²) in [5, 5.41) is 21.0. The fourth-order valence-corrected chi connectivity index (χ4v) is 7.64. The molecule has 0 aromatic heterocycles. The predicted molar refractivity (Wildman–Crippen MR) is 149 cm³/mol. The van der Waals surface area contributed by atoms with Crippen molar-refractivity contribution in [1.29, 1.82) is 0 Å². The zero-order valence-corrected chi connectivity index (χ0v) is 26.8. The topological polar surface area (TPSA) is 85.2 Å². The molecule has 252 valence electrons. The van der Waals surface area contributed by atoms with Gasteiger partial charge in [0.1, 0.15) is 12.2 Å². The first kappa shape index (κ1) is 37.8. The summed E-state index contributed by atoms with van der Waals surface area (Å²) in [6.45, 7) is 17.7. The van der Waals surface area contributed by atoms with Crippen LogP contribution in [0.1, 0.15) is 101 Å². The third-order valence-electron chi connectivity index (χ3n) is 10.4. The van der Waals surface area contributed by atoms with Crippen LogP contribution in [0.15, 0.2) is 12.2 Å². The summed E-state index contributed by atoms with van der Waals surface area (Å²) in [5.41, 5.74) is -8.67. The van der Waals surface area contributed by atoms with Gasteiger partial charge in [0.15, 0.2) is 0 Å². The number of carbonyl (C=O) groups excluding carboxylic acids is 1. The van der Waals surface area contributed by atoms with E-state index < -0.39 is 70.9 Å². The number of rotatable bonds is 14. The number of hydrogen-bond acceptors (Lipinski definition) is 6. The molecule has 2 N–H and O–H groups in total. The molecule has 0 heterocycles. The van der Waals surface area contributed by atoms with E-state index in [9.17, 15) is 41.4 Å². The van der Waals surface area contributed by atoms with E-state index in [1.54, 1.807) is 34.6 Å². The number of hydrogen-bond donors (Lipinski definition) is 2. The summed E-state index contributed by atoms with van der Waals surface area (Å²) in [6, 6.07) is 0. The van der Waals surface area contributed by atoms with Gasteiger partial charge in [-0.15, -0.1) is 0 Å². The number of alkyl halides is 6. The van der Waals surface area contributed by atoms with Crippen molar-refractivity contribution in [2.24, 2.45) is 23.7 Å². The lowest BCUT2D eigenvalue weighted by Gasteiger charge is -2.55. The average molecular weight is 633 g/mol. The van der Waals surface area contributed by atoms with Gasteiger partial charge in [0.25, 0.3) is 5.60 Å². The Morgan fingerprint density at radius 3 is 1.60 bits per heavy atom. The molecule has 2 saturated carbocycles. The first-order valence-corrected chi connectivity index (χ1v) is 15.2. The first-order valence-electron chi connectivity index (χ1n) is 15.2. The second-order valence-electron chi connectivity index (χ2n) is 13.2. The van der Waals surface area contributed by atoms with Crippen LogP contribution in [0.4, 0.5) is 26.3 Å². The van der Waals surface area contributed by atoms with Gasteiger partial charge in [-0.25, -0.2) is 4.79 Å². The minimum Gasteiger partial charge on any atom is -0.459 e. The van der Waals surface area contributed by atoms with Gasteiger partial charge >= 0.3 is 18.3 Å². The largest absolute Gasteiger partial charge is 0.459 e. The van der Waals surface area contributed by atoms with E-state index in [2.05, 4.69) is 6.58 Å². The van der Waals surface area contributed by atoms with E-state index >= 15 is 0 Å². The lowest BCUT2D eigenvalue weighted by molar-refractivity contribution is -0.402. The molecule has 6 nitrogen and oxygen atoms in total. The van der Waals surface area contributed by atoms with Crippen LogP contribution in [0.2, 0.25) is 0 Å². The van der Waals surface area contributed by atoms with Crippen molar-refractivity contribution in [2.75, 3.05) is 0 Å². The van der Waals surface area contributed by atoms with Gasteiger partial charge in [-0.3, -0.25) is 0 Å². The Labute approximate surface area is 251 Å². The molecule has 12 heteroatoms. The van der Waals surface area contributed by atoms with Crippen LogP contribution < -0.4 is 0 Å². The quantitative estimate of drug-likeness (QED) is 0.119. The predicted octanol–water partition coefficient (Wildman–Crippen LogP) is 7.30. The van der Waals surface area contributed by atoms with Crippen LogP contribution in [0, 0.1) is 23.7 Å². The van der Waals surface area contributed by atoms with Gasteiger partial charge in [-0.1, -0.05) is 34.3 Å². The molecule has 7 atom stereocenters. The van der Waals surface area contributed by atoms with Crippen molar-refractivity contribution in [3.63, 3.8) is 0 Å². The Bertz CT molecular complexity index is 965. The number of esters is 1. The average Bonchev–Trinajstić information content (AvgIpc) is 3.46. The Hall–Kier alpha value is -1.37. The molecule has 0 aliphatic heterocycles. The van der Waals surface area contributed by atoms with Gasteiger partial charge in [0.05, 0.1) is 22.9 Å². The van der Waals surface area contributed by atoms with E-state index in [-0.39, 0.29) is 30.3 Å². The minimum atomic E-state index is -6.05. The molecular formula is C31H50F6O6. The molecule has 0 aromatic rings. The summed E-state index contributed by atoms with van der Waals surface area (Å²) in [4.78, 5) is 12.6. The summed E-state index contributed by atoms with van der Waals surface area (Å²) in [6.07, 6.45) is -14.3. The summed E-state index contributed by atoms with van der Waals surface area (Å²) < 4.78 is 102. The standard InChI is InChI=1S/C31H50F6O6/c1-11-27(12-2,43-19(8)29(40,30(32,33)34)31(35,36)37)23-20-15-21(22(16-20)41-25(38)17(5)6)24(23)28(13-3,14-4)42-18(7)26(9,10)39/h18-24,39-40H,5,11-16H2,1-4,6-10H3. The minimum absolute atomic E-state index is 0.0603. The number of halogens is 6. The van der Waals surface area contributed by atoms with Crippen LogP contribution >= 0.6 is 0 Å². The monoisotopic (exact) mass is 632 g/mol. The molecular weight excluding hydrogens is 582 g/mol. The summed E-state index contributed by atoms with van der Waals surface area (Å²) >= 11 is 0. The second-order valence-corrected chi connectivity index (χ2v) is 13.2. The van der Waals surface area contributed by atoms with Crippen molar-refractivity contribution >= 4 is 5.97 Å². The maximum absolute atomic E-state index is 13.9. The van der Waals surface area contributed by atoms with Crippen molar-refractivity contribution in [1.82, 2.24) is 0 Å². The smallest absolute Gasteiger partial charge is 0.428 e. The molecule has 2 aliphatic rings. The van der Waals surface area contributed by atoms with Gasteiger partial charge in [0, 0.05) is 17.4 Å². The molecule has 2 rings (SSSR count). The third kappa shape index (κ3) is 6.77. The normalized spacial score (nSPS) is 26.9. The lowest BCUT2D eigenvalue weighted by Crippen LogP contribution is -2.66. The van der Waals surface area contributed by atoms with Crippen LogP contribution in [-0.2, 0) is 19.0 Å². The van der Waals surface area contributed by atoms with Gasteiger partial charge in [-0.05, 0) is 85.0 Å². The Kier molecular flexibility index (Phi) is 11.2. The van der Waals surface area contributed by atoms with Gasteiger partial charge < -0.3 is 24.4 Å². The molecule has 0 spiro atoms. The Morgan fingerprint density at radius 1 is 0.814 bits per heavy atom. The van der Waals surface area contributed by atoms with Crippen molar-refractivity contribution in [2.45, 2.75) is 154 Å². The molecule has 7 unspecified atom stereocenters.